The van der Waals surface area contributed by atoms with Crippen molar-refractivity contribution < 1.29 is 9.53 Å². The highest BCUT2D eigenvalue weighted by atomic mass is 32.1. The summed E-state index contributed by atoms with van der Waals surface area (Å²) < 4.78 is 5.49. The predicted octanol–water partition coefficient (Wildman–Crippen LogP) is 4.84. The molecular weight excluding hydrogens is 382 g/mol. The highest BCUT2D eigenvalue weighted by molar-refractivity contribution is 7.13. The van der Waals surface area contributed by atoms with Crippen LogP contribution in [0.1, 0.15) is 25.1 Å². The monoisotopic (exact) mass is 409 g/mol. The van der Waals surface area contributed by atoms with Crippen molar-refractivity contribution in [1.29, 1.82) is 0 Å². The average Bonchev–Trinajstić information content (AvgIpc) is 3.17. The SMILES string of the molecule is CCOc1ccc(-c2nc(CN(C)CC(=O)Nc3ccccc3CC)cs2)cc1. The highest BCUT2D eigenvalue weighted by Crippen LogP contribution is 2.26. The van der Waals surface area contributed by atoms with E-state index in [-0.39, 0.29) is 5.91 Å². The third-order valence-electron chi connectivity index (χ3n) is 4.48. The zero-order valence-electron chi connectivity index (χ0n) is 17.1. The number of likely N-dealkylation sites (N-methyl/N-ethyl adjacent to an activating group) is 1. The number of benzene rings is 2. The molecule has 3 rings (SSSR count). The average molecular weight is 410 g/mol. The lowest BCUT2D eigenvalue weighted by atomic mass is 10.1. The predicted molar refractivity (Wildman–Crippen MR) is 120 cm³/mol. The van der Waals surface area contributed by atoms with Gasteiger partial charge in [-0.3, -0.25) is 9.69 Å². The van der Waals surface area contributed by atoms with E-state index in [1.165, 1.54) is 0 Å². The summed E-state index contributed by atoms with van der Waals surface area (Å²) in [6.07, 6.45) is 0.888. The Balaban J connectivity index is 1.55. The Morgan fingerprint density at radius 1 is 1.14 bits per heavy atom. The fourth-order valence-electron chi connectivity index (χ4n) is 3.09. The van der Waals surface area contributed by atoms with Gasteiger partial charge in [-0.1, -0.05) is 25.1 Å². The molecule has 0 radical (unpaired) electrons. The van der Waals surface area contributed by atoms with Crippen LogP contribution < -0.4 is 10.1 Å². The molecule has 1 N–H and O–H groups in total. The molecule has 5 nitrogen and oxygen atoms in total. The van der Waals surface area contributed by atoms with E-state index < -0.39 is 0 Å². The summed E-state index contributed by atoms with van der Waals surface area (Å²) in [6.45, 7) is 5.65. The second-order valence-electron chi connectivity index (χ2n) is 6.83. The van der Waals surface area contributed by atoms with Gasteiger partial charge in [-0.05, 0) is 56.3 Å². The van der Waals surface area contributed by atoms with E-state index in [0.717, 1.165) is 39.7 Å². The number of nitrogens with zero attached hydrogens (tertiary/aromatic N) is 2. The third kappa shape index (κ3) is 5.89. The molecule has 3 aromatic rings. The second kappa shape index (κ2) is 10.2. The molecule has 1 amide bonds. The van der Waals surface area contributed by atoms with Crippen molar-refractivity contribution in [2.45, 2.75) is 26.8 Å². The molecular formula is C23H27N3O2S. The van der Waals surface area contributed by atoms with Gasteiger partial charge < -0.3 is 10.1 Å². The maximum absolute atomic E-state index is 12.4. The van der Waals surface area contributed by atoms with Gasteiger partial charge >= 0.3 is 0 Å². The van der Waals surface area contributed by atoms with E-state index in [9.17, 15) is 4.79 Å². The van der Waals surface area contributed by atoms with Crippen LogP contribution in [0, 0.1) is 0 Å². The molecule has 0 fully saturated rings. The fraction of sp³-hybridized carbons (Fsp3) is 0.304. The van der Waals surface area contributed by atoms with E-state index in [4.69, 9.17) is 9.72 Å². The standard InChI is InChI=1S/C23H27N3O2S/c1-4-17-8-6-7-9-21(17)25-22(27)15-26(3)14-19-16-29-23(24-19)18-10-12-20(13-11-18)28-5-2/h6-13,16H,4-5,14-15H2,1-3H3,(H,25,27). The summed E-state index contributed by atoms with van der Waals surface area (Å²) in [5.74, 6) is 0.846. The first-order valence-corrected chi connectivity index (χ1v) is 10.7. The van der Waals surface area contributed by atoms with E-state index in [2.05, 4.69) is 12.2 Å². The van der Waals surface area contributed by atoms with E-state index in [0.29, 0.717) is 19.7 Å². The molecule has 0 saturated heterocycles. The van der Waals surface area contributed by atoms with Crippen LogP contribution in [-0.4, -0.2) is 36.0 Å². The van der Waals surface area contributed by atoms with Crippen LogP contribution in [0.5, 0.6) is 5.75 Å². The van der Waals surface area contributed by atoms with E-state index in [1.54, 1.807) is 11.3 Å². The van der Waals surface area contributed by atoms with Crippen LogP contribution in [0.3, 0.4) is 0 Å². The number of ether oxygens (including phenoxy) is 1. The minimum absolute atomic E-state index is 0.0182. The number of carbonyl (C=O) groups is 1. The Morgan fingerprint density at radius 2 is 1.90 bits per heavy atom. The summed E-state index contributed by atoms with van der Waals surface area (Å²) in [4.78, 5) is 19.1. The topological polar surface area (TPSA) is 54.5 Å². The molecule has 0 aliphatic heterocycles. The molecule has 29 heavy (non-hydrogen) atoms. The molecule has 0 aliphatic carbocycles. The van der Waals surface area contributed by atoms with Crippen molar-refractivity contribution in [3.63, 3.8) is 0 Å². The number of amides is 1. The largest absolute Gasteiger partial charge is 0.494 e. The van der Waals surface area contributed by atoms with Gasteiger partial charge in [-0.25, -0.2) is 4.98 Å². The summed E-state index contributed by atoms with van der Waals surface area (Å²) in [6, 6.07) is 15.9. The molecule has 1 aromatic heterocycles. The Labute approximate surface area is 176 Å². The van der Waals surface area contributed by atoms with Gasteiger partial charge in [0.1, 0.15) is 10.8 Å². The Bertz CT molecular complexity index is 937. The number of anilines is 1. The molecule has 1 heterocycles. The molecule has 6 heteroatoms. The number of carbonyl (C=O) groups excluding carboxylic acids is 1. The number of nitrogens with one attached hydrogen (secondary N) is 1. The lowest BCUT2D eigenvalue weighted by molar-refractivity contribution is -0.117. The van der Waals surface area contributed by atoms with E-state index >= 15 is 0 Å². The van der Waals surface area contributed by atoms with Crippen LogP contribution in [0.25, 0.3) is 10.6 Å². The van der Waals surface area contributed by atoms with Crippen molar-refractivity contribution in [3.8, 4) is 16.3 Å². The zero-order chi connectivity index (χ0) is 20.6. The first-order valence-electron chi connectivity index (χ1n) is 9.83. The number of para-hydroxylation sites is 1. The zero-order valence-corrected chi connectivity index (χ0v) is 18.0. The number of aromatic nitrogens is 1. The quantitative estimate of drug-likeness (QED) is 0.549. The van der Waals surface area contributed by atoms with Crippen molar-refractivity contribution in [2.24, 2.45) is 0 Å². The van der Waals surface area contributed by atoms with Gasteiger partial charge in [0.2, 0.25) is 5.91 Å². The molecule has 152 valence electrons. The summed E-state index contributed by atoms with van der Waals surface area (Å²) in [5.41, 5.74) is 4.06. The maximum Gasteiger partial charge on any atom is 0.238 e. The van der Waals surface area contributed by atoms with Gasteiger partial charge in [-0.15, -0.1) is 11.3 Å². The van der Waals surface area contributed by atoms with Crippen molar-refractivity contribution >= 4 is 22.9 Å². The van der Waals surface area contributed by atoms with Crippen LogP contribution >= 0.6 is 11.3 Å². The lowest BCUT2D eigenvalue weighted by Gasteiger charge is -2.16. The molecule has 0 spiro atoms. The van der Waals surface area contributed by atoms with Crippen molar-refractivity contribution in [1.82, 2.24) is 9.88 Å². The second-order valence-corrected chi connectivity index (χ2v) is 7.69. The van der Waals surface area contributed by atoms with Crippen molar-refractivity contribution in [2.75, 3.05) is 25.5 Å². The molecule has 0 aliphatic rings. The molecule has 0 saturated carbocycles. The van der Waals surface area contributed by atoms with Crippen LogP contribution in [-0.2, 0) is 17.8 Å². The molecule has 0 unspecified atom stereocenters. The normalized spacial score (nSPS) is 10.9. The van der Waals surface area contributed by atoms with Crippen LogP contribution in [0.2, 0.25) is 0 Å². The number of hydrogen-bond acceptors (Lipinski definition) is 5. The first-order chi connectivity index (χ1) is 14.1. The van der Waals surface area contributed by atoms with Gasteiger partial charge in [0.25, 0.3) is 0 Å². The smallest absolute Gasteiger partial charge is 0.238 e. The first kappa shape index (κ1) is 21.0. The van der Waals surface area contributed by atoms with Crippen LogP contribution in [0.15, 0.2) is 53.9 Å². The number of aryl methyl sites for hydroxylation is 1. The number of thiazole rings is 1. The Kier molecular flexibility index (Phi) is 7.38. The minimum Gasteiger partial charge on any atom is -0.494 e. The summed E-state index contributed by atoms with van der Waals surface area (Å²) in [5, 5.41) is 6.03. The Morgan fingerprint density at radius 3 is 2.62 bits per heavy atom. The lowest BCUT2D eigenvalue weighted by Crippen LogP contribution is -2.30. The highest BCUT2D eigenvalue weighted by Gasteiger charge is 2.12. The van der Waals surface area contributed by atoms with Gasteiger partial charge in [0, 0.05) is 23.2 Å². The van der Waals surface area contributed by atoms with Crippen LogP contribution in [0.4, 0.5) is 5.69 Å². The number of hydrogen-bond donors (Lipinski definition) is 1. The summed E-state index contributed by atoms with van der Waals surface area (Å²) in [7, 11) is 1.93. The third-order valence-corrected chi connectivity index (χ3v) is 5.42. The van der Waals surface area contributed by atoms with E-state index in [1.807, 2.05) is 72.8 Å². The number of rotatable bonds is 9. The minimum atomic E-state index is -0.0182. The van der Waals surface area contributed by atoms with Crippen molar-refractivity contribution in [3.05, 3.63) is 65.2 Å². The Hall–Kier alpha value is -2.70. The molecule has 0 bridgehead atoms. The molecule has 2 aromatic carbocycles. The maximum atomic E-state index is 12.4. The fourth-order valence-corrected chi connectivity index (χ4v) is 3.91. The van der Waals surface area contributed by atoms with Gasteiger partial charge in [0.15, 0.2) is 0 Å². The summed E-state index contributed by atoms with van der Waals surface area (Å²) >= 11 is 1.61. The van der Waals surface area contributed by atoms with Gasteiger partial charge in [-0.2, -0.15) is 0 Å². The van der Waals surface area contributed by atoms with Gasteiger partial charge in [0.05, 0.1) is 18.8 Å². The molecule has 0 atom stereocenters.